The number of aromatic nitrogens is 2. The summed E-state index contributed by atoms with van der Waals surface area (Å²) in [5.41, 5.74) is 11.3. The maximum atomic E-state index is 6.20. The van der Waals surface area contributed by atoms with E-state index in [9.17, 15) is 0 Å². The van der Waals surface area contributed by atoms with Crippen LogP contribution in [0.2, 0.25) is 0 Å². The third-order valence-electron chi connectivity index (χ3n) is 4.81. The van der Waals surface area contributed by atoms with E-state index in [1.165, 1.54) is 41.7 Å². The Morgan fingerprint density at radius 1 is 1.30 bits per heavy atom. The predicted octanol–water partition coefficient (Wildman–Crippen LogP) is 3.66. The number of hydrogen-bond acceptors (Lipinski definition) is 2. The maximum Gasteiger partial charge on any atom is 0.113 e. The molecular formula is C17H25N3. The number of aryl methyl sites for hydroxylation is 2. The van der Waals surface area contributed by atoms with Crippen LogP contribution in [-0.4, -0.2) is 15.6 Å². The Kier molecular flexibility index (Phi) is 3.55. The average Bonchev–Trinajstić information content (AvgIpc) is 2.66. The molecule has 108 valence electrons. The van der Waals surface area contributed by atoms with E-state index in [2.05, 4.69) is 37.5 Å². The van der Waals surface area contributed by atoms with Gasteiger partial charge in [-0.25, -0.2) is 4.98 Å². The molecule has 1 heterocycles. The fourth-order valence-corrected chi connectivity index (χ4v) is 2.93. The molecule has 1 fully saturated rings. The molecule has 3 nitrogen and oxygen atoms in total. The van der Waals surface area contributed by atoms with E-state index in [-0.39, 0.29) is 6.04 Å². The van der Waals surface area contributed by atoms with Gasteiger partial charge in [-0.15, -0.1) is 0 Å². The lowest BCUT2D eigenvalue weighted by molar-refractivity contribution is 0.382. The first kappa shape index (κ1) is 13.6. The van der Waals surface area contributed by atoms with Crippen LogP contribution in [0, 0.1) is 13.8 Å². The molecular weight excluding hydrogens is 246 g/mol. The van der Waals surface area contributed by atoms with Gasteiger partial charge >= 0.3 is 0 Å². The maximum absolute atomic E-state index is 6.20. The molecule has 1 unspecified atom stereocenters. The second-order valence-corrected chi connectivity index (χ2v) is 6.30. The molecule has 0 radical (unpaired) electrons. The highest BCUT2D eigenvalue weighted by Gasteiger charge is 2.26. The van der Waals surface area contributed by atoms with Gasteiger partial charge in [-0.2, -0.15) is 0 Å². The van der Waals surface area contributed by atoms with Crippen LogP contribution in [0.4, 0.5) is 0 Å². The van der Waals surface area contributed by atoms with Crippen LogP contribution in [0.3, 0.4) is 0 Å². The molecule has 2 aromatic rings. The van der Waals surface area contributed by atoms with E-state index in [4.69, 9.17) is 10.7 Å². The Bertz CT molecular complexity index is 623. The molecule has 1 aromatic carbocycles. The van der Waals surface area contributed by atoms with Crippen LogP contribution in [0.15, 0.2) is 12.1 Å². The molecule has 1 atom stereocenters. The molecule has 1 aromatic heterocycles. The molecule has 2 N–H and O–H groups in total. The van der Waals surface area contributed by atoms with Crippen molar-refractivity contribution in [3.05, 3.63) is 29.1 Å². The highest BCUT2D eigenvalue weighted by Crippen LogP contribution is 2.37. The smallest absolute Gasteiger partial charge is 0.113 e. The van der Waals surface area contributed by atoms with Gasteiger partial charge in [0.15, 0.2) is 0 Å². The number of hydrogen-bond donors (Lipinski definition) is 1. The second kappa shape index (κ2) is 5.21. The van der Waals surface area contributed by atoms with Crippen LogP contribution in [0.25, 0.3) is 11.0 Å². The summed E-state index contributed by atoms with van der Waals surface area (Å²) in [7, 11) is 0. The summed E-state index contributed by atoms with van der Waals surface area (Å²) in [6, 6.07) is 4.72. The Morgan fingerprint density at radius 2 is 2.00 bits per heavy atom. The lowest BCUT2D eigenvalue weighted by Crippen LogP contribution is -2.27. The van der Waals surface area contributed by atoms with E-state index in [0.29, 0.717) is 5.92 Å². The third-order valence-corrected chi connectivity index (χ3v) is 4.81. The second-order valence-electron chi connectivity index (χ2n) is 6.30. The molecule has 3 heteroatoms. The molecule has 0 amide bonds. The minimum absolute atomic E-state index is 0.216. The molecule has 0 saturated heterocycles. The summed E-state index contributed by atoms with van der Waals surface area (Å²) in [5, 5.41) is 0. The standard InChI is InChI=1S/C17H25N3/c1-4-14(18)10-20-16-9-12(3)11(2)8-15(16)19-17(20)13-6-5-7-13/h8-9,13-14H,4-7,10,18H2,1-3H3. The highest BCUT2D eigenvalue weighted by molar-refractivity contribution is 5.78. The van der Waals surface area contributed by atoms with Crippen molar-refractivity contribution in [2.24, 2.45) is 5.73 Å². The Morgan fingerprint density at radius 3 is 2.60 bits per heavy atom. The minimum Gasteiger partial charge on any atom is -0.326 e. The summed E-state index contributed by atoms with van der Waals surface area (Å²) in [5.74, 6) is 1.91. The van der Waals surface area contributed by atoms with E-state index >= 15 is 0 Å². The molecule has 0 aliphatic heterocycles. The number of nitrogens with two attached hydrogens (primary N) is 1. The minimum atomic E-state index is 0.216. The van der Waals surface area contributed by atoms with Crippen molar-refractivity contribution in [1.82, 2.24) is 9.55 Å². The van der Waals surface area contributed by atoms with E-state index in [1.807, 2.05) is 0 Å². The van der Waals surface area contributed by atoms with Crippen molar-refractivity contribution in [3.8, 4) is 0 Å². The number of benzene rings is 1. The molecule has 20 heavy (non-hydrogen) atoms. The zero-order valence-electron chi connectivity index (χ0n) is 12.8. The predicted molar refractivity (Wildman–Crippen MR) is 84.1 cm³/mol. The van der Waals surface area contributed by atoms with Crippen molar-refractivity contribution in [3.63, 3.8) is 0 Å². The van der Waals surface area contributed by atoms with Crippen molar-refractivity contribution in [2.75, 3.05) is 0 Å². The molecule has 0 bridgehead atoms. The normalized spacial score (nSPS) is 17.4. The summed E-state index contributed by atoms with van der Waals surface area (Å²) >= 11 is 0. The zero-order valence-corrected chi connectivity index (χ0v) is 12.8. The third kappa shape index (κ3) is 2.24. The fraction of sp³-hybridized carbons (Fsp3) is 0.588. The first-order valence-electron chi connectivity index (χ1n) is 7.83. The summed E-state index contributed by atoms with van der Waals surface area (Å²) in [6.07, 6.45) is 4.91. The van der Waals surface area contributed by atoms with Crippen LogP contribution in [0.1, 0.15) is 55.5 Å². The van der Waals surface area contributed by atoms with Crippen LogP contribution in [0.5, 0.6) is 0 Å². The van der Waals surface area contributed by atoms with Gasteiger partial charge < -0.3 is 10.3 Å². The van der Waals surface area contributed by atoms with Gasteiger partial charge in [0.1, 0.15) is 5.82 Å². The van der Waals surface area contributed by atoms with Crippen molar-refractivity contribution < 1.29 is 0 Å². The monoisotopic (exact) mass is 271 g/mol. The lowest BCUT2D eigenvalue weighted by Gasteiger charge is -2.26. The average molecular weight is 271 g/mol. The van der Waals surface area contributed by atoms with Crippen LogP contribution in [-0.2, 0) is 6.54 Å². The van der Waals surface area contributed by atoms with Gasteiger partial charge in [-0.3, -0.25) is 0 Å². The lowest BCUT2D eigenvalue weighted by atomic mass is 9.85. The quantitative estimate of drug-likeness (QED) is 0.922. The first-order chi connectivity index (χ1) is 9.60. The van der Waals surface area contributed by atoms with Crippen molar-refractivity contribution in [1.29, 1.82) is 0 Å². The number of rotatable bonds is 4. The Balaban J connectivity index is 2.12. The molecule has 1 aliphatic carbocycles. The van der Waals surface area contributed by atoms with Gasteiger partial charge in [-0.1, -0.05) is 13.3 Å². The zero-order chi connectivity index (χ0) is 14.3. The van der Waals surface area contributed by atoms with Crippen LogP contribution >= 0.6 is 0 Å². The number of nitrogens with zero attached hydrogens (tertiary/aromatic N) is 2. The van der Waals surface area contributed by atoms with Crippen molar-refractivity contribution >= 4 is 11.0 Å². The number of imidazole rings is 1. The topological polar surface area (TPSA) is 43.8 Å². The Labute approximate surface area is 121 Å². The van der Waals surface area contributed by atoms with Gasteiger partial charge in [0.2, 0.25) is 0 Å². The van der Waals surface area contributed by atoms with E-state index < -0.39 is 0 Å². The highest BCUT2D eigenvalue weighted by atomic mass is 15.1. The van der Waals surface area contributed by atoms with Crippen molar-refractivity contribution in [2.45, 2.75) is 65.0 Å². The van der Waals surface area contributed by atoms with E-state index in [1.54, 1.807) is 0 Å². The number of fused-ring (bicyclic) bond motifs is 1. The molecule has 1 aliphatic rings. The van der Waals surface area contributed by atoms with Crippen LogP contribution < -0.4 is 5.73 Å². The first-order valence-corrected chi connectivity index (χ1v) is 7.83. The van der Waals surface area contributed by atoms with Gasteiger partial charge in [0.05, 0.1) is 11.0 Å². The van der Waals surface area contributed by atoms with E-state index in [0.717, 1.165) is 18.5 Å². The summed E-state index contributed by atoms with van der Waals surface area (Å²) < 4.78 is 2.39. The Hall–Kier alpha value is -1.35. The summed E-state index contributed by atoms with van der Waals surface area (Å²) in [4.78, 5) is 4.93. The molecule has 0 spiro atoms. The largest absolute Gasteiger partial charge is 0.326 e. The summed E-state index contributed by atoms with van der Waals surface area (Å²) in [6.45, 7) is 7.38. The van der Waals surface area contributed by atoms with Gasteiger partial charge in [0, 0.05) is 18.5 Å². The SMILES string of the molecule is CCC(N)Cn1c(C2CCC2)nc2cc(C)c(C)cc21. The molecule has 1 saturated carbocycles. The van der Waals surface area contributed by atoms with Gasteiger partial charge in [0.25, 0.3) is 0 Å². The van der Waals surface area contributed by atoms with Gasteiger partial charge in [-0.05, 0) is 56.4 Å². The fourth-order valence-electron chi connectivity index (χ4n) is 2.93. The molecule has 3 rings (SSSR count).